The first kappa shape index (κ1) is 13.5. The molecule has 98 valence electrons. The van der Waals surface area contributed by atoms with Crippen molar-refractivity contribution in [2.45, 2.75) is 39.2 Å². The summed E-state index contributed by atoms with van der Waals surface area (Å²) in [6.07, 6.45) is 3.16. The fourth-order valence-corrected chi connectivity index (χ4v) is 2.69. The molecular weight excluding hydrogens is 297 g/mol. The van der Waals surface area contributed by atoms with E-state index >= 15 is 0 Å². The SMILES string of the molecule is Cc1c(Br)ccc(C(=O)N2CCCCC2C)c1F. The molecule has 2 rings (SSSR count). The van der Waals surface area contributed by atoms with Crippen LogP contribution in [0.5, 0.6) is 0 Å². The van der Waals surface area contributed by atoms with Crippen LogP contribution < -0.4 is 0 Å². The molecule has 0 aromatic heterocycles. The molecule has 18 heavy (non-hydrogen) atoms. The number of piperidine rings is 1. The second-order valence-corrected chi connectivity index (χ2v) is 5.73. The van der Waals surface area contributed by atoms with E-state index < -0.39 is 5.82 Å². The zero-order valence-electron chi connectivity index (χ0n) is 10.7. The lowest BCUT2D eigenvalue weighted by Crippen LogP contribution is -2.42. The number of hydrogen-bond donors (Lipinski definition) is 0. The Hall–Kier alpha value is -0.900. The molecule has 0 N–H and O–H groups in total. The van der Waals surface area contributed by atoms with Crippen molar-refractivity contribution in [3.8, 4) is 0 Å². The third-order valence-corrected chi connectivity index (χ3v) is 4.47. The molecule has 2 nitrogen and oxygen atoms in total. The van der Waals surface area contributed by atoms with Gasteiger partial charge >= 0.3 is 0 Å². The van der Waals surface area contributed by atoms with Crippen molar-refractivity contribution in [2.75, 3.05) is 6.54 Å². The average Bonchev–Trinajstić information content (AvgIpc) is 2.36. The van der Waals surface area contributed by atoms with Crippen molar-refractivity contribution in [1.29, 1.82) is 0 Å². The second-order valence-electron chi connectivity index (χ2n) is 4.88. The first-order valence-corrected chi connectivity index (χ1v) is 7.07. The van der Waals surface area contributed by atoms with Crippen LogP contribution >= 0.6 is 15.9 Å². The number of rotatable bonds is 1. The Morgan fingerprint density at radius 3 is 2.83 bits per heavy atom. The van der Waals surface area contributed by atoms with Crippen molar-refractivity contribution in [3.05, 3.63) is 33.5 Å². The molecule has 1 fully saturated rings. The predicted molar refractivity (Wildman–Crippen MR) is 73.2 cm³/mol. The second kappa shape index (κ2) is 5.39. The van der Waals surface area contributed by atoms with Crippen molar-refractivity contribution in [3.63, 3.8) is 0 Å². The number of halogens is 2. The minimum Gasteiger partial charge on any atom is -0.336 e. The van der Waals surface area contributed by atoms with E-state index in [1.54, 1.807) is 24.0 Å². The number of likely N-dealkylation sites (tertiary alicyclic amines) is 1. The van der Waals surface area contributed by atoms with Crippen molar-refractivity contribution >= 4 is 21.8 Å². The van der Waals surface area contributed by atoms with Gasteiger partial charge in [0.2, 0.25) is 0 Å². The van der Waals surface area contributed by atoms with E-state index in [0.29, 0.717) is 10.0 Å². The summed E-state index contributed by atoms with van der Waals surface area (Å²) in [5.74, 6) is -0.595. The standard InChI is InChI=1S/C14H17BrFNO/c1-9-5-3-4-8-17(9)14(18)11-6-7-12(15)10(2)13(11)16/h6-7,9H,3-5,8H2,1-2H3. The highest BCUT2D eigenvalue weighted by Crippen LogP contribution is 2.25. The molecule has 4 heteroatoms. The summed E-state index contributed by atoms with van der Waals surface area (Å²) in [6.45, 7) is 4.44. The van der Waals surface area contributed by atoms with Crippen LogP contribution in [0, 0.1) is 12.7 Å². The molecule has 0 bridgehead atoms. The van der Waals surface area contributed by atoms with E-state index in [0.717, 1.165) is 25.8 Å². The quantitative estimate of drug-likeness (QED) is 0.769. The Balaban J connectivity index is 2.31. The molecule has 1 aromatic carbocycles. The number of carbonyl (C=O) groups is 1. The lowest BCUT2D eigenvalue weighted by molar-refractivity contribution is 0.0630. The molecule has 0 radical (unpaired) electrons. The molecule has 1 heterocycles. The van der Waals surface area contributed by atoms with Gasteiger partial charge in [0.05, 0.1) is 5.56 Å². The van der Waals surface area contributed by atoms with E-state index in [-0.39, 0.29) is 17.5 Å². The van der Waals surface area contributed by atoms with Gasteiger partial charge in [-0.2, -0.15) is 0 Å². The summed E-state index contributed by atoms with van der Waals surface area (Å²) in [5.41, 5.74) is 0.676. The van der Waals surface area contributed by atoms with E-state index in [1.807, 2.05) is 6.92 Å². The van der Waals surface area contributed by atoms with E-state index in [2.05, 4.69) is 15.9 Å². The third-order valence-electron chi connectivity index (χ3n) is 3.61. The Labute approximate surface area is 115 Å². The molecule has 1 aromatic rings. The average molecular weight is 314 g/mol. The van der Waals surface area contributed by atoms with Crippen molar-refractivity contribution < 1.29 is 9.18 Å². The first-order chi connectivity index (χ1) is 8.52. The van der Waals surface area contributed by atoms with E-state index in [4.69, 9.17) is 0 Å². The van der Waals surface area contributed by atoms with Gasteiger partial charge in [0, 0.05) is 17.1 Å². The maximum Gasteiger partial charge on any atom is 0.257 e. The zero-order chi connectivity index (χ0) is 13.3. The fraction of sp³-hybridized carbons (Fsp3) is 0.500. The maximum absolute atomic E-state index is 14.1. The summed E-state index contributed by atoms with van der Waals surface area (Å²) in [4.78, 5) is 14.2. The largest absolute Gasteiger partial charge is 0.336 e. The molecule has 1 aliphatic heterocycles. The van der Waals surface area contributed by atoms with Crippen LogP contribution in [0.25, 0.3) is 0 Å². The number of carbonyl (C=O) groups excluding carboxylic acids is 1. The van der Waals surface area contributed by atoms with Crippen molar-refractivity contribution in [1.82, 2.24) is 4.90 Å². The Morgan fingerprint density at radius 2 is 2.17 bits per heavy atom. The molecule has 1 atom stereocenters. The van der Waals surface area contributed by atoms with Gasteiger partial charge < -0.3 is 4.90 Å². The van der Waals surface area contributed by atoms with Gasteiger partial charge in [0.15, 0.2) is 0 Å². The summed E-state index contributed by atoms with van der Waals surface area (Å²) < 4.78 is 14.8. The van der Waals surface area contributed by atoms with Crippen LogP contribution in [0.15, 0.2) is 16.6 Å². The summed E-state index contributed by atoms with van der Waals surface area (Å²) >= 11 is 3.27. The van der Waals surface area contributed by atoms with Gasteiger partial charge in [-0.15, -0.1) is 0 Å². The number of amides is 1. The number of nitrogens with zero attached hydrogens (tertiary/aromatic N) is 1. The fourth-order valence-electron chi connectivity index (χ4n) is 2.38. The van der Waals surface area contributed by atoms with Gasteiger partial charge in [-0.3, -0.25) is 4.79 Å². The van der Waals surface area contributed by atoms with Crippen LogP contribution in [-0.2, 0) is 0 Å². The van der Waals surface area contributed by atoms with Crippen molar-refractivity contribution in [2.24, 2.45) is 0 Å². The molecule has 1 amide bonds. The Kier molecular flexibility index (Phi) is 4.05. The molecule has 1 unspecified atom stereocenters. The molecule has 0 spiro atoms. The van der Waals surface area contributed by atoms with Crippen LogP contribution in [0.4, 0.5) is 4.39 Å². The highest BCUT2D eigenvalue weighted by atomic mass is 79.9. The minimum atomic E-state index is -0.410. The normalized spacial score (nSPS) is 20.0. The number of hydrogen-bond acceptors (Lipinski definition) is 1. The van der Waals surface area contributed by atoms with Crippen LogP contribution in [0.3, 0.4) is 0 Å². The van der Waals surface area contributed by atoms with Gasteiger partial charge in [0.25, 0.3) is 5.91 Å². The van der Waals surface area contributed by atoms with Gasteiger partial charge in [-0.25, -0.2) is 4.39 Å². The van der Waals surface area contributed by atoms with E-state index in [1.165, 1.54) is 0 Å². The predicted octanol–water partition coefficient (Wildman–Crippen LogP) is 3.91. The highest BCUT2D eigenvalue weighted by Gasteiger charge is 2.26. The molecule has 1 aliphatic rings. The Morgan fingerprint density at radius 1 is 1.44 bits per heavy atom. The number of benzene rings is 1. The molecular formula is C14H17BrFNO. The summed E-state index contributed by atoms with van der Waals surface area (Å²) in [6, 6.07) is 3.51. The minimum absolute atomic E-state index is 0.185. The van der Waals surface area contributed by atoms with Gasteiger partial charge in [-0.1, -0.05) is 15.9 Å². The van der Waals surface area contributed by atoms with Crippen LogP contribution in [0.1, 0.15) is 42.1 Å². The topological polar surface area (TPSA) is 20.3 Å². The summed E-state index contributed by atoms with van der Waals surface area (Å²) in [7, 11) is 0. The van der Waals surface area contributed by atoms with E-state index in [9.17, 15) is 9.18 Å². The lowest BCUT2D eigenvalue weighted by atomic mass is 10.0. The van der Waals surface area contributed by atoms with Gasteiger partial charge in [0.1, 0.15) is 5.82 Å². The van der Waals surface area contributed by atoms with Crippen LogP contribution in [0.2, 0.25) is 0 Å². The van der Waals surface area contributed by atoms with Crippen LogP contribution in [-0.4, -0.2) is 23.4 Å². The van der Waals surface area contributed by atoms with Gasteiger partial charge in [-0.05, 0) is 50.8 Å². The Bertz CT molecular complexity index is 475. The lowest BCUT2D eigenvalue weighted by Gasteiger charge is -2.33. The highest BCUT2D eigenvalue weighted by molar-refractivity contribution is 9.10. The summed E-state index contributed by atoms with van der Waals surface area (Å²) in [5, 5.41) is 0. The molecule has 1 saturated heterocycles. The molecule has 0 aliphatic carbocycles. The third kappa shape index (κ3) is 2.44. The zero-order valence-corrected chi connectivity index (χ0v) is 12.3. The molecule has 0 saturated carbocycles. The first-order valence-electron chi connectivity index (χ1n) is 6.28. The smallest absolute Gasteiger partial charge is 0.257 e. The maximum atomic E-state index is 14.1. The monoisotopic (exact) mass is 313 g/mol.